The van der Waals surface area contributed by atoms with E-state index in [-0.39, 0.29) is 6.04 Å². The van der Waals surface area contributed by atoms with Gasteiger partial charge < -0.3 is 5.73 Å². The van der Waals surface area contributed by atoms with Crippen LogP contribution in [0.2, 0.25) is 5.02 Å². The van der Waals surface area contributed by atoms with Crippen LogP contribution < -0.4 is 5.73 Å². The minimum Gasteiger partial charge on any atom is -0.319 e. The Morgan fingerprint density at radius 1 is 1.00 bits per heavy atom. The van der Waals surface area contributed by atoms with Crippen LogP contribution in [0.25, 0.3) is 10.9 Å². The molecular weight excluding hydrogens is 280 g/mol. The van der Waals surface area contributed by atoms with E-state index in [1.165, 1.54) is 5.56 Å². The number of nitrogens with two attached hydrogens (primary N) is 1. The first-order chi connectivity index (χ1) is 10.1. The molecule has 1 heterocycles. The Labute approximate surface area is 129 Å². The Morgan fingerprint density at radius 3 is 2.52 bits per heavy atom. The maximum absolute atomic E-state index is 6.37. The van der Waals surface area contributed by atoms with Gasteiger partial charge in [0.1, 0.15) is 0 Å². The van der Waals surface area contributed by atoms with Gasteiger partial charge in [0, 0.05) is 10.4 Å². The topological polar surface area (TPSA) is 38.9 Å². The number of hydrogen-bond acceptors (Lipinski definition) is 2. The van der Waals surface area contributed by atoms with E-state index in [1.54, 1.807) is 0 Å². The van der Waals surface area contributed by atoms with Crippen molar-refractivity contribution in [2.45, 2.75) is 19.9 Å². The zero-order valence-electron chi connectivity index (χ0n) is 12.1. The molecular formula is C18H17ClN2. The van der Waals surface area contributed by atoms with Crippen LogP contribution in [0, 0.1) is 13.8 Å². The minimum atomic E-state index is -0.272. The zero-order valence-corrected chi connectivity index (χ0v) is 12.9. The molecule has 0 aliphatic heterocycles. The van der Waals surface area contributed by atoms with Gasteiger partial charge in [-0.1, -0.05) is 41.9 Å². The van der Waals surface area contributed by atoms with Gasteiger partial charge in [0.25, 0.3) is 0 Å². The summed E-state index contributed by atoms with van der Waals surface area (Å²) in [7, 11) is 0. The van der Waals surface area contributed by atoms with Crippen molar-refractivity contribution >= 4 is 22.5 Å². The van der Waals surface area contributed by atoms with Crippen LogP contribution in [-0.2, 0) is 0 Å². The zero-order chi connectivity index (χ0) is 15.0. The Balaban J connectivity index is 2.08. The van der Waals surface area contributed by atoms with Crippen LogP contribution in [0.4, 0.5) is 0 Å². The molecule has 0 spiro atoms. The van der Waals surface area contributed by atoms with Crippen molar-refractivity contribution in [1.29, 1.82) is 0 Å². The van der Waals surface area contributed by atoms with Crippen molar-refractivity contribution in [2.75, 3.05) is 0 Å². The Bertz CT molecular complexity index is 811. The molecule has 0 radical (unpaired) electrons. The lowest BCUT2D eigenvalue weighted by molar-refractivity contribution is 0.834. The number of pyridine rings is 1. The van der Waals surface area contributed by atoms with Gasteiger partial charge in [-0.15, -0.1) is 0 Å². The summed E-state index contributed by atoms with van der Waals surface area (Å²) in [5.74, 6) is 0. The Hall–Kier alpha value is -1.90. The highest BCUT2D eigenvalue weighted by Crippen LogP contribution is 2.26. The van der Waals surface area contributed by atoms with Crippen LogP contribution in [-0.4, -0.2) is 4.98 Å². The van der Waals surface area contributed by atoms with Gasteiger partial charge in [0.2, 0.25) is 0 Å². The largest absolute Gasteiger partial charge is 0.319 e. The monoisotopic (exact) mass is 296 g/mol. The van der Waals surface area contributed by atoms with Crippen LogP contribution in [0.1, 0.15) is 28.4 Å². The first-order valence-corrected chi connectivity index (χ1v) is 7.32. The second kappa shape index (κ2) is 5.47. The van der Waals surface area contributed by atoms with Crippen molar-refractivity contribution < 1.29 is 0 Å². The molecule has 3 aromatic rings. The van der Waals surface area contributed by atoms with E-state index in [0.717, 1.165) is 32.7 Å². The molecule has 0 amide bonds. The van der Waals surface area contributed by atoms with Crippen LogP contribution in [0.15, 0.2) is 48.5 Å². The number of halogens is 1. The molecule has 0 saturated carbocycles. The lowest BCUT2D eigenvalue weighted by atomic mass is 10.00. The van der Waals surface area contributed by atoms with Gasteiger partial charge in [-0.3, -0.25) is 4.98 Å². The average molecular weight is 297 g/mol. The van der Waals surface area contributed by atoms with E-state index in [2.05, 4.69) is 19.1 Å². The summed E-state index contributed by atoms with van der Waals surface area (Å²) in [6.07, 6.45) is 0. The van der Waals surface area contributed by atoms with Gasteiger partial charge in [-0.25, -0.2) is 0 Å². The lowest BCUT2D eigenvalue weighted by Crippen LogP contribution is -2.14. The van der Waals surface area contributed by atoms with Crippen molar-refractivity contribution in [3.63, 3.8) is 0 Å². The van der Waals surface area contributed by atoms with Gasteiger partial charge >= 0.3 is 0 Å². The molecule has 1 unspecified atom stereocenters. The molecule has 1 atom stereocenters. The quantitative estimate of drug-likeness (QED) is 0.753. The third-order valence-corrected chi connectivity index (χ3v) is 4.22. The molecule has 2 aromatic carbocycles. The first kappa shape index (κ1) is 14.1. The number of fused-ring (bicyclic) bond motifs is 1. The van der Waals surface area contributed by atoms with Gasteiger partial charge in [0.15, 0.2) is 0 Å². The van der Waals surface area contributed by atoms with Crippen molar-refractivity contribution in [3.8, 4) is 0 Å². The summed E-state index contributed by atoms with van der Waals surface area (Å²) in [6, 6.07) is 15.8. The average Bonchev–Trinajstić information content (AvgIpc) is 2.49. The predicted octanol–water partition coefficient (Wildman–Crippen LogP) is 4.55. The Kier molecular flexibility index (Phi) is 3.66. The molecule has 1 aromatic heterocycles. The summed E-state index contributed by atoms with van der Waals surface area (Å²) in [5, 5.41) is 1.90. The highest BCUT2D eigenvalue weighted by molar-refractivity contribution is 6.31. The molecule has 0 aliphatic carbocycles. The molecule has 0 aliphatic rings. The molecule has 106 valence electrons. The maximum Gasteiger partial charge on any atom is 0.0727 e. The van der Waals surface area contributed by atoms with Crippen molar-refractivity contribution in [2.24, 2.45) is 5.73 Å². The third-order valence-electron chi connectivity index (χ3n) is 3.82. The van der Waals surface area contributed by atoms with Gasteiger partial charge in [0.05, 0.1) is 17.3 Å². The van der Waals surface area contributed by atoms with E-state index >= 15 is 0 Å². The number of nitrogens with zero attached hydrogens (tertiary/aromatic N) is 1. The fourth-order valence-electron chi connectivity index (χ4n) is 2.51. The number of aromatic nitrogens is 1. The van der Waals surface area contributed by atoms with E-state index in [9.17, 15) is 0 Å². The van der Waals surface area contributed by atoms with E-state index in [0.29, 0.717) is 0 Å². The van der Waals surface area contributed by atoms with E-state index in [1.807, 2.05) is 43.3 Å². The lowest BCUT2D eigenvalue weighted by Gasteiger charge is -2.15. The highest BCUT2D eigenvalue weighted by Gasteiger charge is 2.13. The molecule has 0 saturated heterocycles. The minimum absolute atomic E-state index is 0.272. The second-order valence-electron chi connectivity index (χ2n) is 5.37. The van der Waals surface area contributed by atoms with Gasteiger partial charge in [-0.05, 0) is 48.7 Å². The van der Waals surface area contributed by atoms with Gasteiger partial charge in [-0.2, -0.15) is 0 Å². The maximum atomic E-state index is 6.37. The molecule has 3 heteroatoms. The smallest absolute Gasteiger partial charge is 0.0727 e. The number of para-hydroxylation sites is 1. The molecule has 0 fully saturated rings. The SMILES string of the molecule is Cc1ccc(C(N)c2cc(C)c3ccccc3n2)cc1Cl. The molecule has 0 bridgehead atoms. The predicted molar refractivity (Wildman–Crippen MR) is 88.7 cm³/mol. The Morgan fingerprint density at radius 2 is 1.76 bits per heavy atom. The first-order valence-electron chi connectivity index (χ1n) is 6.94. The normalized spacial score (nSPS) is 12.6. The van der Waals surface area contributed by atoms with E-state index < -0.39 is 0 Å². The molecule has 2 nitrogen and oxygen atoms in total. The third kappa shape index (κ3) is 2.65. The molecule has 3 rings (SSSR count). The second-order valence-corrected chi connectivity index (χ2v) is 5.77. The fourth-order valence-corrected chi connectivity index (χ4v) is 2.70. The van der Waals surface area contributed by atoms with Crippen molar-refractivity contribution in [3.05, 3.63) is 75.9 Å². The van der Waals surface area contributed by atoms with Crippen LogP contribution >= 0.6 is 11.6 Å². The number of rotatable bonds is 2. The number of hydrogen-bond donors (Lipinski definition) is 1. The van der Waals surface area contributed by atoms with Crippen molar-refractivity contribution in [1.82, 2.24) is 4.98 Å². The fraction of sp³-hybridized carbons (Fsp3) is 0.167. The summed E-state index contributed by atoms with van der Waals surface area (Å²) < 4.78 is 0. The molecule has 21 heavy (non-hydrogen) atoms. The van der Waals surface area contributed by atoms with E-state index in [4.69, 9.17) is 22.3 Å². The number of aryl methyl sites for hydroxylation is 2. The summed E-state index contributed by atoms with van der Waals surface area (Å²) in [5.41, 5.74) is 11.4. The van der Waals surface area contributed by atoms with Crippen LogP contribution in [0.3, 0.4) is 0 Å². The van der Waals surface area contributed by atoms with Crippen LogP contribution in [0.5, 0.6) is 0 Å². The summed E-state index contributed by atoms with van der Waals surface area (Å²) >= 11 is 6.20. The standard InChI is InChI=1S/C18H17ClN2/c1-11-7-8-13(10-15(11)19)18(20)17-9-12(2)14-5-3-4-6-16(14)21-17/h3-10,18H,20H2,1-2H3. The summed E-state index contributed by atoms with van der Waals surface area (Å²) in [6.45, 7) is 4.07. The summed E-state index contributed by atoms with van der Waals surface area (Å²) in [4.78, 5) is 4.70. The number of benzene rings is 2. The molecule has 2 N–H and O–H groups in total. The highest BCUT2D eigenvalue weighted by atomic mass is 35.5.